The van der Waals surface area contributed by atoms with Gasteiger partial charge in [0.25, 0.3) is 0 Å². The smallest absolute Gasteiger partial charge is 0.0420 e. The molecule has 0 radical (unpaired) electrons. The molecule has 1 aromatic heterocycles. The van der Waals surface area contributed by atoms with Gasteiger partial charge in [0.2, 0.25) is 0 Å². The maximum atomic E-state index is 4.53. The zero-order chi connectivity index (χ0) is 13.7. The number of halogens is 1. The molecule has 1 aliphatic heterocycles. The molecule has 0 amide bonds. The van der Waals surface area contributed by atoms with Gasteiger partial charge in [0.05, 0.1) is 0 Å². The fourth-order valence-electron chi connectivity index (χ4n) is 2.63. The highest BCUT2D eigenvalue weighted by molar-refractivity contribution is 9.10. The molecule has 1 N–H and O–H groups in total. The number of rotatable bonds is 6. The van der Waals surface area contributed by atoms with Crippen molar-refractivity contribution in [2.45, 2.75) is 50.3 Å². The summed E-state index contributed by atoms with van der Waals surface area (Å²) in [5, 5.41) is 3.74. The van der Waals surface area contributed by atoms with Gasteiger partial charge in [-0.3, -0.25) is 4.98 Å². The number of hydrogen-bond donors (Lipinski definition) is 1. The number of nitrogens with one attached hydrogen (secondary N) is 1. The van der Waals surface area contributed by atoms with Crippen LogP contribution in [0.15, 0.2) is 22.8 Å². The van der Waals surface area contributed by atoms with Gasteiger partial charge >= 0.3 is 0 Å². The maximum Gasteiger partial charge on any atom is 0.0420 e. The first kappa shape index (κ1) is 15.3. The van der Waals surface area contributed by atoms with E-state index in [4.69, 9.17) is 0 Å². The minimum Gasteiger partial charge on any atom is -0.312 e. The Balaban J connectivity index is 2.06. The van der Waals surface area contributed by atoms with E-state index in [1.807, 2.05) is 6.20 Å². The van der Waals surface area contributed by atoms with E-state index in [1.165, 1.54) is 30.7 Å². The molecule has 1 fully saturated rings. The number of pyridine rings is 1. The summed E-state index contributed by atoms with van der Waals surface area (Å²) >= 11 is 5.57. The lowest BCUT2D eigenvalue weighted by molar-refractivity contribution is 0.396. The molecule has 0 bridgehead atoms. The van der Waals surface area contributed by atoms with E-state index in [0.29, 0.717) is 10.8 Å². The average molecular weight is 343 g/mol. The minimum atomic E-state index is 0.365. The fourth-order valence-corrected chi connectivity index (χ4v) is 4.28. The Morgan fingerprint density at radius 2 is 2.37 bits per heavy atom. The van der Waals surface area contributed by atoms with Crippen molar-refractivity contribution in [3.63, 3.8) is 0 Å². The van der Waals surface area contributed by atoms with Gasteiger partial charge in [-0.15, -0.1) is 0 Å². The highest BCUT2D eigenvalue weighted by Crippen LogP contribution is 2.41. The van der Waals surface area contributed by atoms with Crippen molar-refractivity contribution in [1.29, 1.82) is 0 Å². The number of nitrogens with zero attached hydrogens (tertiary/aromatic N) is 1. The molecule has 19 heavy (non-hydrogen) atoms. The molecule has 1 aromatic rings. The third kappa shape index (κ3) is 4.20. The zero-order valence-electron chi connectivity index (χ0n) is 11.8. The third-order valence-electron chi connectivity index (χ3n) is 3.83. The molecule has 1 aliphatic rings. The van der Waals surface area contributed by atoms with Crippen molar-refractivity contribution in [3.8, 4) is 0 Å². The summed E-state index contributed by atoms with van der Waals surface area (Å²) in [6, 6.07) is 4.74. The van der Waals surface area contributed by atoms with Crippen molar-refractivity contribution in [2.75, 3.05) is 12.3 Å². The van der Waals surface area contributed by atoms with Crippen LogP contribution in [0.2, 0.25) is 0 Å². The largest absolute Gasteiger partial charge is 0.312 e. The van der Waals surface area contributed by atoms with Gasteiger partial charge in [0.15, 0.2) is 0 Å². The number of hydrogen-bond acceptors (Lipinski definition) is 3. The molecule has 2 rings (SSSR count). The highest BCUT2D eigenvalue weighted by atomic mass is 79.9. The summed E-state index contributed by atoms with van der Waals surface area (Å²) < 4.78 is 1.42. The Bertz CT molecular complexity index is 388. The molecule has 2 heterocycles. The van der Waals surface area contributed by atoms with Gasteiger partial charge < -0.3 is 5.32 Å². The quantitative estimate of drug-likeness (QED) is 0.844. The van der Waals surface area contributed by atoms with Crippen molar-refractivity contribution in [1.82, 2.24) is 10.3 Å². The van der Waals surface area contributed by atoms with Gasteiger partial charge in [-0.1, -0.05) is 6.92 Å². The van der Waals surface area contributed by atoms with E-state index in [2.05, 4.69) is 64.0 Å². The van der Waals surface area contributed by atoms with Crippen LogP contribution in [-0.4, -0.2) is 28.1 Å². The molecule has 0 aliphatic carbocycles. The van der Waals surface area contributed by atoms with E-state index >= 15 is 0 Å². The molecular weight excluding hydrogens is 320 g/mol. The van der Waals surface area contributed by atoms with E-state index in [-0.39, 0.29) is 0 Å². The Morgan fingerprint density at radius 1 is 1.53 bits per heavy atom. The van der Waals surface area contributed by atoms with Gasteiger partial charge in [-0.2, -0.15) is 11.8 Å². The van der Waals surface area contributed by atoms with Gasteiger partial charge in [0.1, 0.15) is 0 Å². The summed E-state index contributed by atoms with van der Waals surface area (Å²) in [5.41, 5.74) is 1.19. The molecule has 4 heteroatoms. The van der Waals surface area contributed by atoms with Crippen molar-refractivity contribution < 1.29 is 0 Å². The van der Waals surface area contributed by atoms with Crippen molar-refractivity contribution in [3.05, 3.63) is 28.5 Å². The van der Waals surface area contributed by atoms with E-state index in [0.717, 1.165) is 17.4 Å². The van der Waals surface area contributed by atoms with Crippen LogP contribution in [0.5, 0.6) is 0 Å². The Morgan fingerprint density at radius 3 is 2.95 bits per heavy atom. The highest BCUT2D eigenvalue weighted by Gasteiger charge is 2.37. The Labute approximate surface area is 129 Å². The van der Waals surface area contributed by atoms with E-state index in [9.17, 15) is 0 Å². The van der Waals surface area contributed by atoms with Gasteiger partial charge in [-0.05, 0) is 66.5 Å². The van der Waals surface area contributed by atoms with Crippen LogP contribution in [-0.2, 0) is 6.42 Å². The summed E-state index contributed by atoms with van der Waals surface area (Å²) in [5.74, 6) is 1.30. The summed E-state index contributed by atoms with van der Waals surface area (Å²) in [6.07, 6.45) is 6.77. The topological polar surface area (TPSA) is 24.9 Å². The van der Waals surface area contributed by atoms with Crippen LogP contribution in [0.1, 0.15) is 38.8 Å². The van der Waals surface area contributed by atoms with Crippen molar-refractivity contribution >= 4 is 27.7 Å². The van der Waals surface area contributed by atoms with Gasteiger partial charge in [-0.25, -0.2) is 0 Å². The summed E-state index contributed by atoms with van der Waals surface area (Å²) in [4.78, 5) is 4.53. The zero-order valence-corrected chi connectivity index (χ0v) is 14.2. The van der Waals surface area contributed by atoms with Crippen LogP contribution < -0.4 is 5.32 Å². The second kappa shape index (κ2) is 7.09. The van der Waals surface area contributed by atoms with Crippen LogP contribution in [0.3, 0.4) is 0 Å². The molecule has 2 unspecified atom stereocenters. The third-order valence-corrected chi connectivity index (χ3v) is 5.94. The monoisotopic (exact) mass is 342 g/mol. The predicted molar refractivity (Wildman–Crippen MR) is 87.8 cm³/mol. The van der Waals surface area contributed by atoms with E-state index < -0.39 is 0 Å². The second-order valence-electron chi connectivity index (χ2n) is 5.44. The fraction of sp³-hybridized carbons (Fsp3) is 0.667. The maximum absolute atomic E-state index is 4.53. The standard InChI is InChI=1S/C15H23BrN2S/c1-3-8-17-14(15(2)7-4-9-19-15)10-13-6-5-12(16)11-18-13/h5-6,11,14,17H,3-4,7-10H2,1-2H3. The molecule has 1 saturated heterocycles. The number of thioether (sulfide) groups is 1. The Hall–Kier alpha value is -0.0600. The lowest BCUT2D eigenvalue weighted by Gasteiger charge is -2.34. The normalized spacial score (nSPS) is 24.6. The molecule has 0 aromatic carbocycles. The van der Waals surface area contributed by atoms with Crippen LogP contribution in [0.25, 0.3) is 0 Å². The first-order chi connectivity index (χ1) is 9.14. The molecule has 2 atom stereocenters. The minimum absolute atomic E-state index is 0.365. The number of aromatic nitrogens is 1. The Kier molecular flexibility index (Phi) is 5.72. The lowest BCUT2D eigenvalue weighted by atomic mass is 9.92. The molecule has 0 saturated carbocycles. The molecule has 106 valence electrons. The van der Waals surface area contributed by atoms with Gasteiger partial charge in [0, 0.05) is 33.6 Å². The van der Waals surface area contributed by atoms with Crippen LogP contribution in [0.4, 0.5) is 0 Å². The van der Waals surface area contributed by atoms with Crippen LogP contribution >= 0.6 is 27.7 Å². The van der Waals surface area contributed by atoms with E-state index in [1.54, 1.807) is 0 Å². The first-order valence-electron chi connectivity index (χ1n) is 7.12. The summed E-state index contributed by atoms with van der Waals surface area (Å²) in [7, 11) is 0. The molecule has 0 spiro atoms. The second-order valence-corrected chi connectivity index (χ2v) is 7.99. The lowest BCUT2D eigenvalue weighted by Crippen LogP contribution is -2.47. The summed E-state index contributed by atoms with van der Waals surface area (Å²) in [6.45, 7) is 5.74. The average Bonchev–Trinajstić information content (AvgIpc) is 2.85. The SMILES string of the molecule is CCCNC(Cc1ccc(Br)cn1)C1(C)CCCS1. The first-order valence-corrected chi connectivity index (χ1v) is 8.89. The predicted octanol–water partition coefficient (Wildman–Crippen LogP) is 4.04. The van der Waals surface area contributed by atoms with Crippen LogP contribution in [0, 0.1) is 0 Å². The molecule has 2 nitrogen and oxygen atoms in total. The molecular formula is C15H23BrN2S. The van der Waals surface area contributed by atoms with Crippen molar-refractivity contribution in [2.24, 2.45) is 0 Å².